The Hall–Kier alpha value is -0.480. The van der Waals surface area contributed by atoms with Gasteiger partial charge in [0.15, 0.2) is 0 Å². The number of aryl methyl sites for hydroxylation is 1. The molecule has 0 saturated carbocycles. The maximum absolute atomic E-state index is 4.40. The summed E-state index contributed by atoms with van der Waals surface area (Å²) in [5, 5.41) is 3.28. The first kappa shape index (κ1) is 12.6. The lowest BCUT2D eigenvalue weighted by molar-refractivity contribution is 1.12. The summed E-state index contributed by atoms with van der Waals surface area (Å²) in [7, 11) is 0. The van der Waals surface area contributed by atoms with Crippen LogP contribution in [0.5, 0.6) is 0 Å². The fourth-order valence-electron chi connectivity index (χ4n) is 1.06. The topological polar surface area (TPSA) is 24.9 Å². The minimum atomic E-state index is 0.937. The van der Waals surface area contributed by atoms with Crippen molar-refractivity contribution in [3.8, 4) is 0 Å². The summed E-state index contributed by atoms with van der Waals surface area (Å²) in [5.74, 6) is 3.02. The van der Waals surface area contributed by atoms with Gasteiger partial charge in [0.1, 0.15) is 5.82 Å². The molecule has 1 aromatic heterocycles. The standard InChI is InChI=1S/C11H15BrN2S/c1-3-7-15-8-6-13-11-5-4-10(12)9(2)14-11/h3-5H,1,6-8H2,2H3,(H,13,14). The van der Waals surface area contributed by atoms with Gasteiger partial charge in [-0.05, 0) is 35.0 Å². The average molecular weight is 287 g/mol. The van der Waals surface area contributed by atoms with Gasteiger partial charge in [-0.3, -0.25) is 0 Å². The van der Waals surface area contributed by atoms with Gasteiger partial charge in [0.2, 0.25) is 0 Å². The van der Waals surface area contributed by atoms with E-state index < -0.39 is 0 Å². The largest absolute Gasteiger partial charge is 0.369 e. The minimum absolute atomic E-state index is 0.937. The van der Waals surface area contributed by atoms with Crippen molar-refractivity contribution < 1.29 is 0 Å². The van der Waals surface area contributed by atoms with Crippen LogP contribution in [0.4, 0.5) is 5.82 Å². The van der Waals surface area contributed by atoms with Crippen molar-refractivity contribution in [3.05, 3.63) is 35.0 Å². The molecule has 0 aliphatic carbocycles. The highest BCUT2D eigenvalue weighted by Crippen LogP contribution is 2.16. The third-order valence-electron chi connectivity index (χ3n) is 1.81. The highest BCUT2D eigenvalue weighted by Gasteiger charge is 1.97. The van der Waals surface area contributed by atoms with Gasteiger partial charge in [-0.15, -0.1) is 6.58 Å². The Labute approximate surface area is 104 Å². The molecule has 4 heteroatoms. The van der Waals surface area contributed by atoms with Crippen molar-refractivity contribution in [2.45, 2.75) is 6.92 Å². The van der Waals surface area contributed by atoms with E-state index in [1.54, 1.807) is 0 Å². The molecule has 0 spiro atoms. The Bertz CT molecular complexity index is 328. The van der Waals surface area contributed by atoms with Crippen LogP contribution in [-0.2, 0) is 0 Å². The predicted molar refractivity (Wildman–Crippen MR) is 72.7 cm³/mol. The maximum atomic E-state index is 4.40. The Morgan fingerprint density at radius 1 is 1.60 bits per heavy atom. The van der Waals surface area contributed by atoms with Crippen LogP contribution in [0, 0.1) is 6.92 Å². The lowest BCUT2D eigenvalue weighted by Gasteiger charge is -2.06. The Morgan fingerprint density at radius 3 is 3.07 bits per heavy atom. The van der Waals surface area contributed by atoms with Crippen molar-refractivity contribution in [2.24, 2.45) is 0 Å². The first-order valence-electron chi connectivity index (χ1n) is 4.79. The normalized spacial score (nSPS) is 10.0. The van der Waals surface area contributed by atoms with Crippen molar-refractivity contribution in [1.82, 2.24) is 4.98 Å². The van der Waals surface area contributed by atoms with Crippen LogP contribution in [0.15, 0.2) is 29.3 Å². The average Bonchev–Trinajstić information content (AvgIpc) is 2.23. The van der Waals surface area contributed by atoms with E-state index in [-0.39, 0.29) is 0 Å². The molecule has 0 unspecified atom stereocenters. The summed E-state index contributed by atoms with van der Waals surface area (Å²) in [5.41, 5.74) is 1.01. The third kappa shape index (κ3) is 4.71. The SMILES string of the molecule is C=CCSCCNc1ccc(Br)c(C)n1. The summed E-state index contributed by atoms with van der Waals surface area (Å²) in [6.07, 6.45) is 1.92. The minimum Gasteiger partial charge on any atom is -0.369 e. The maximum Gasteiger partial charge on any atom is 0.126 e. The van der Waals surface area contributed by atoms with E-state index in [9.17, 15) is 0 Å². The van der Waals surface area contributed by atoms with E-state index in [0.717, 1.165) is 34.0 Å². The summed E-state index contributed by atoms with van der Waals surface area (Å²) in [4.78, 5) is 4.40. The van der Waals surface area contributed by atoms with Gasteiger partial charge in [0, 0.05) is 22.5 Å². The highest BCUT2D eigenvalue weighted by molar-refractivity contribution is 9.10. The number of hydrogen-bond acceptors (Lipinski definition) is 3. The first-order valence-corrected chi connectivity index (χ1v) is 6.74. The lowest BCUT2D eigenvalue weighted by atomic mass is 10.4. The molecule has 1 aromatic rings. The van der Waals surface area contributed by atoms with Crippen molar-refractivity contribution in [3.63, 3.8) is 0 Å². The van der Waals surface area contributed by atoms with Crippen LogP contribution in [0.1, 0.15) is 5.69 Å². The van der Waals surface area contributed by atoms with Crippen molar-refractivity contribution in [1.29, 1.82) is 0 Å². The van der Waals surface area contributed by atoms with Crippen LogP contribution in [-0.4, -0.2) is 23.0 Å². The van der Waals surface area contributed by atoms with E-state index in [4.69, 9.17) is 0 Å². The van der Waals surface area contributed by atoms with Gasteiger partial charge in [-0.2, -0.15) is 11.8 Å². The summed E-state index contributed by atoms with van der Waals surface area (Å²) in [6, 6.07) is 4.00. The third-order valence-corrected chi connectivity index (χ3v) is 3.61. The molecule has 0 amide bonds. The van der Waals surface area contributed by atoms with E-state index in [1.807, 2.05) is 36.9 Å². The highest BCUT2D eigenvalue weighted by atomic mass is 79.9. The summed E-state index contributed by atoms with van der Waals surface area (Å²) in [6.45, 7) is 6.60. The number of pyridine rings is 1. The second kappa shape index (κ2) is 6.90. The molecule has 0 aromatic carbocycles. The lowest BCUT2D eigenvalue weighted by Crippen LogP contribution is -2.06. The molecule has 1 N–H and O–H groups in total. The molecule has 2 nitrogen and oxygen atoms in total. The van der Waals surface area contributed by atoms with Gasteiger partial charge in [-0.25, -0.2) is 4.98 Å². The summed E-state index contributed by atoms with van der Waals surface area (Å²) < 4.78 is 1.05. The number of aromatic nitrogens is 1. The quantitative estimate of drug-likeness (QED) is 0.640. The number of hydrogen-bond donors (Lipinski definition) is 1. The Balaban J connectivity index is 2.31. The molecule has 0 radical (unpaired) electrons. The molecule has 0 fully saturated rings. The number of anilines is 1. The van der Waals surface area contributed by atoms with Crippen LogP contribution >= 0.6 is 27.7 Å². The van der Waals surface area contributed by atoms with Crippen molar-refractivity contribution in [2.75, 3.05) is 23.4 Å². The number of nitrogens with one attached hydrogen (secondary N) is 1. The smallest absolute Gasteiger partial charge is 0.126 e. The Kier molecular flexibility index (Phi) is 5.79. The molecule has 0 bridgehead atoms. The predicted octanol–water partition coefficient (Wildman–Crippen LogP) is 3.48. The van der Waals surface area contributed by atoms with Gasteiger partial charge >= 0.3 is 0 Å². The zero-order chi connectivity index (χ0) is 11.1. The molecule has 82 valence electrons. The monoisotopic (exact) mass is 286 g/mol. The second-order valence-electron chi connectivity index (χ2n) is 3.05. The number of halogens is 1. The fraction of sp³-hybridized carbons (Fsp3) is 0.364. The molecular formula is C11H15BrN2S. The fourth-order valence-corrected chi connectivity index (χ4v) is 1.86. The molecule has 0 atom stereocenters. The van der Waals surface area contributed by atoms with E-state index in [2.05, 4.69) is 32.8 Å². The molecular weight excluding hydrogens is 272 g/mol. The molecule has 0 saturated heterocycles. The number of rotatable bonds is 6. The first-order chi connectivity index (χ1) is 7.24. The van der Waals surface area contributed by atoms with Crippen molar-refractivity contribution >= 4 is 33.5 Å². The van der Waals surface area contributed by atoms with Gasteiger partial charge < -0.3 is 5.32 Å². The number of nitrogens with zero attached hydrogens (tertiary/aromatic N) is 1. The van der Waals surface area contributed by atoms with Crippen LogP contribution < -0.4 is 5.32 Å². The van der Waals surface area contributed by atoms with Crippen LogP contribution in [0.3, 0.4) is 0 Å². The van der Waals surface area contributed by atoms with E-state index in [0.29, 0.717) is 0 Å². The van der Waals surface area contributed by atoms with Crippen LogP contribution in [0.2, 0.25) is 0 Å². The van der Waals surface area contributed by atoms with Crippen LogP contribution in [0.25, 0.3) is 0 Å². The van der Waals surface area contributed by atoms with E-state index in [1.165, 1.54) is 0 Å². The zero-order valence-electron chi connectivity index (χ0n) is 8.79. The molecule has 1 heterocycles. The summed E-state index contributed by atoms with van der Waals surface area (Å²) >= 11 is 5.29. The van der Waals surface area contributed by atoms with Gasteiger partial charge in [0.25, 0.3) is 0 Å². The molecule has 15 heavy (non-hydrogen) atoms. The molecule has 1 rings (SSSR count). The number of thioether (sulfide) groups is 1. The van der Waals surface area contributed by atoms with E-state index >= 15 is 0 Å². The zero-order valence-corrected chi connectivity index (χ0v) is 11.2. The second-order valence-corrected chi connectivity index (χ2v) is 5.06. The molecule has 0 aliphatic heterocycles. The van der Waals surface area contributed by atoms with Gasteiger partial charge in [0.05, 0.1) is 5.69 Å². The Morgan fingerprint density at radius 2 is 2.40 bits per heavy atom. The van der Waals surface area contributed by atoms with Gasteiger partial charge in [-0.1, -0.05) is 6.08 Å². The molecule has 0 aliphatic rings.